The smallest absolute Gasteiger partial charge is 0.0594 e. The third-order valence-corrected chi connectivity index (χ3v) is 3.12. The van der Waals surface area contributed by atoms with E-state index >= 15 is 0 Å². The summed E-state index contributed by atoms with van der Waals surface area (Å²) >= 11 is 0. The fourth-order valence-electron chi connectivity index (χ4n) is 1.94. The van der Waals surface area contributed by atoms with Crippen molar-refractivity contribution >= 4 is 0 Å². The topological polar surface area (TPSA) is 24.5 Å². The number of nitrogens with zero attached hydrogens (tertiary/aromatic N) is 1. The molecule has 0 saturated carbocycles. The van der Waals surface area contributed by atoms with Gasteiger partial charge in [-0.05, 0) is 12.8 Å². The van der Waals surface area contributed by atoms with Crippen LogP contribution in [0.25, 0.3) is 0 Å². The Labute approximate surface area is 74.1 Å². The fraction of sp³-hybridized carbons (Fsp3) is 1.00. The van der Waals surface area contributed by atoms with Gasteiger partial charge >= 0.3 is 0 Å². The first-order chi connectivity index (χ1) is 5.88. The quantitative estimate of drug-likeness (QED) is 0.627. The van der Waals surface area contributed by atoms with Gasteiger partial charge in [-0.3, -0.25) is 4.90 Å². The summed E-state index contributed by atoms with van der Waals surface area (Å²) in [6.45, 7) is 8.85. The van der Waals surface area contributed by atoms with E-state index in [9.17, 15) is 0 Å². The Bertz CT molecular complexity index is 141. The molecule has 2 rings (SSSR count). The van der Waals surface area contributed by atoms with Gasteiger partial charge in [-0.2, -0.15) is 0 Å². The van der Waals surface area contributed by atoms with Crippen LogP contribution in [0.15, 0.2) is 0 Å². The van der Waals surface area contributed by atoms with Crippen LogP contribution in [0.3, 0.4) is 0 Å². The third kappa shape index (κ3) is 1.63. The fourth-order valence-corrected chi connectivity index (χ4v) is 1.94. The van der Waals surface area contributed by atoms with Crippen molar-refractivity contribution in [2.24, 2.45) is 5.92 Å². The molecule has 0 amide bonds. The number of morpholine rings is 1. The third-order valence-electron chi connectivity index (χ3n) is 3.12. The van der Waals surface area contributed by atoms with Crippen molar-refractivity contribution in [1.82, 2.24) is 10.2 Å². The van der Waals surface area contributed by atoms with Gasteiger partial charge < -0.3 is 10.1 Å². The van der Waals surface area contributed by atoms with Gasteiger partial charge in [-0.25, -0.2) is 0 Å². The normalized spacial score (nSPS) is 29.8. The average molecular weight is 170 g/mol. The molecule has 70 valence electrons. The molecule has 0 aromatic rings. The second kappa shape index (κ2) is 3.73. The van der Waals surface area contributed by atoms with Gasteiger partial charge in [0.25, 0.3) is 0 Å². The SMILES string of the molecule is CC(C1CNC1)N1CCOCC1. The standard InChI is InChI=1S/C9H18N2O/c1-8(9-6-10-7-9)11-2-4-12-5-3-11/h8-10H,2-7H2,1H3. The van der Waals surface area contributed by atoms with Crippen LogP contribution in [0.2, 0.25) is 0 Å². The van der Waals surface area contributed by atoms with Crippen molar-refractivity contribution < 1.29 is 4.74 Å². The number of ether oxygens (including phenoxy) is 1. The molecule has 0 bridgehead atoms. The van der Waals surface area contributed by atoms with Crippen molar-refractivity contribution in [3.05, 3.63) is 0 Å². The summed E-state index contributed by atoms with van der Waals surface area (Å²) in [6, 6.07) is 0.746. The number of rotatable bonds is 2. The van der Waals surface area contributed by atoms with Crippen molar-refractivity contribution in [2.45, 2.75) is 13.0 Å². The molecule has 0 aliphatic carbocycles. The van der Waals surface area contributed by atoms with Crippen LogP contribution >= 0.6 is 0 Å². The van der Waals surface area contributed by atoms with E-state index in [1.165, 1.54) is 13.1 Å². The van der Waals surface area contributed by atoms with E-state index in [-0.39, 0.29) is 0 Å². The zero-order valence-corrected chi connectivity index (χ0v) is 7.75. The molecule has 0 radical (unpaired) electrons. The number of hydrogen-bond acceptors (Lipinski definition) is 3. The predicted molar refractivity (Wildman–Crippen MR) is 48.2 cm³/mol. The first-order valence-electron chi connectivity index (χ1n) is 4.90. The van der Waals surface area contributed by atoms with Gasteiger partial charge in [0.15, 0.2) is 0 Å². The van der Waals surface area contributed by atoms with E-state index < -0.39 is 0 Å². The lowest BCUT2D eigenvalue weighted by molar-refractivity contribution is 0.000886. The summed E-state index contributed by atoms with van der Waals surface area (Å²) in [5.41, 5.74) is 0. The highest BCUT2D eigenvalue weighted by molar-refractivity contribution is 4.85. The largest absolute Gasteiger partial charge is 0.379 e. The second-order valence-corrected chi connectivity index (χ2v) is 3.81. The van der Waals surface area contributed by atoms with Gasteiger partial charge in [-0.15, -0.1) is 0 Å². The minimum atomic E-state index is 0.746. The predicted octanol–water partition coefficient (Wildman–Crippen LogP) is -0.0735. The van der Waals surface area contributed by atoms with E-state index in [0.29, 0.717) is 0 Å². The van der Waals surface area contributed by atoms with E-state index in [2.05, 4.69) is 17.1 Å². The molecule has 2 saturated heterocycles. The summed E-state index contributed by atoms with van der Waals surface area (Å²) < 4.78 is 5.32. The molecular weight excluding hydrogens is 152 g/mol. The molecule has 1 unspecified atom stereocenters. The van der Waals surface area contributed by atoms with Crippen molar-refractivity contribution in [2.75, 3.05) is 39.4 Å². The minimum absolute atomic E-state index is 0.746. The molecule has 12 heavy (non-hydrogen) atoms. The van der Waals surface area contributed by atoms with Crippen molar-refractivity contribution in [3.8, 4) is 0 Å². The highest BCUT2D eigenvalue weighted by Crippen LogP contribution is 2.16. The highest BCUT2D eigenvalue weighted by Gasteiger charge is 2.28. The molecule has 1 atom stereocenters. The molecule has 0 spiro atoms. The second-order valence-electron chi connectivity index (χ2n) is 3.81. The Kier molecular flexibility index (Phi) is 2.63. The van der Waals surface area contributed by atoms with Crippen LogP contribution in [0.5, 0.6) is 0 Å². The monoisotopic (exact) mass is 170 g/mol. The van der Waals surface area contributed by atoms with Crippen LogP contribution in [-0.2, 0) is 4.74 Å². The summed E-state index contributed by atoms with van der Waals surface area (Å²) in [6.07, 6.45) is 0. The molecule has 0 aromatic carbocycles. The molecular formula is C9H18N2O. The Hall–Kier alpha value is -0.120. The van der Waals surface area contributed by atoms with E-state index in [4.69, 9.17) is 4.74 Å². The summed E-state index contributed by atoms with van der Waals surface area (Å²) in [5.74, 6) is 0.878. The Morgan fingerprint density at radius 1 is 1.33 bits per heavy atom. The van der Waals surface area contributed by atoms with Crippen LogP contribution in [0.1, 0.15) is 6.92 Å². The summed E-state index contributed by atoms with van der Waals surface area (Å²) in [4.78, 5) is 2.55. The Balaban J connectivity index is 1.80. The van der Waals surface area contributed by atoms with Gasteiger partial charge in [0.1, 0.15) is 0 Å². The van der Waals surface area contributed by atoms with Gasteiger partial charge in [0.05, 0.1) is 13.2 Å². The Morgan fingerprint density at radius 3 is 2.50 bits per heavy atom. The van der Waals surface area contributed by atoms with Crippen molar-refractivity contribution in [3.63, 3.8) is 0 Å². The average Bonchev–Trinajstić information content (AvgIpc) is 2.03. The van der Waals surface area contributed by atoms with Gasteiger partial charge in [0, 0.05) is 32.2 Å². The lowest BCUT2D eigenvalue weighted by Crippen LogP contribution is -2.55. The summed E-state index contributed by atoms with van der Waals surface area (Å²) in [5, 5.41) is 3.32. The maximum atomic E-state index is 5.32. The Morgan fingerprint density at radius 2 is 2.00 bits per heavy atom. The lowest BCUT2D eigenvalue weighted by atomic mass is 9.94. The van der Waals surface area contributed by atoms with Crippen LogP contribution < -0.4 is 5.32 Å². The summed E-state index contributed by atoms with van der Waals surface area (Å²) in [7, 11) is 0. The van der Waals surface area contributed by atoms with Gasteiger partial charge in [-0.1, -0.05) is 0 Å². The molecule has 2 fully saturated rings. The maximum absolute atomic E-state index is 5.32. The minimum Gasteiger partial charge on any atom is -0.379 e. The molecule has 3 nitrogen and oxygen atoms in total. The van der Waals surface area contributed by atoms with E-state index in [1.54, 1.807) is 0 Å². The zero-order chi connectivity index (χ0) is 8.39. The van der Waals surface area contributed by atoms with E-state index in [1.807, 2.05) is 0 Å². The molecule has 1 N–H and O–H groups in total. The molecule has 3 heteroatoms. The molecule has 0 aromatic heterocycles. The lowest BCUT2D eigenvalue weighted by Gasteiger charge is -2.41. The zero-order valence-electron chi connectivity index (χ0n) is 7.75. The maximum Gasteiger partial charge on any atom is 0.0594 e. The molecule has 2 heterocycles. The van der Waals surface area contributed by atoms with Crippen molar-refractivity contribution in [1.29, 1.82) is 0 Å². The van der Waals surface area contributed by atoms with Crippen LogP contribution in [0, 0.1) is 5.92 Å². The first-order valence-corrected chi connectivity index (χ1v) is 4.90. The van der Waals surface area contributed by atoms with Crippen LogP contribution in [0.4, 0.5) is 0 Å². The van der Waals surface area contributed by atoms with Gasteiger partial charge in [0.2, 0.25) is 0 Å². The molecule has 2 aliphatic rings. The molecule has 2 aliphatic heterocycles. The highest BCUT2D eigenvalue weighted by atomic mass is 16.5. The first kappa shape index (κ1) is 8.48. The number of hydrogen-bond donors (Lipinski definition) is 1. The van der Waals surface area contributed by atoms with E-state index in [0.717, 1.165) is 38.3 Å². The number of nitrogens with one attached hydrogen (secondary N) is 1. The van der Waals surface area contributed by atoms with Crippen LogP contribution in [-0.4, -0.2) is 50.3 Å².